The Labute approximate surface area is 104 Å². The molecule has 2 atom stereocenters. The minimum atomic E-state index is -0.934. The Bertz CT molecular complexity index is 501. The normalized spacial score (nSPS) is 21.4. The molecule has 1 saturated carbocycles. The molecule has 0 saturated heterocycles. The van der Waals surface area contributed by atoms with Gasteiger partial charge in [0.25, 0.3) is 0 Å². The lowest BCUT2D eigenvalue weighted by atomic mass is 10.1. The lowest BCUT2D eigenvalue weighted by Gasteiger charge is -2.05. The monoisotopic (exact) mass is 251 g/mol. The van der Waals surface area contributed by atoms with Crippen molar-refractivity contribution in [2.45, 2.75) is 19.9 Å². The number of carboxylic acid groups (broad SMARTS) is 1. The number of carboxylic acids is 1. The molecule has 4 nitrogen and oxygen atoms in total. The number of hydrogen-bond donors (Lipinski definition) is 2. The molecule has 1 amide bonds. The average molecular weight is 251 g/mol. The molecule has 0 unspecified atom stereocenters. The van der Waals surface area contributed by atoms with Crippen molar-refractivity contribution in [3.8, 4) is 0 Å². The van der Waals surface area contributed by atoms with Gasteiger partial charge >= 0.3 is 5.97 Å². The van der Waals surface area contributed by atoms with E-state index >= 15 is 0 Å². The second kappa shape index (κ2) is 4.76. The fourth-order valence-corrected chi connectivity index (χ4v) is 1.82. The van der Waals surface area contributed by atoms with Crippen LogP contribution in [0, 0.1) is 24.6 Å². The molecule has 0 radical (unpaired) electrons. The van der Waals surface area contributed by atoms with E-state index in [1.807, 2.05) is 0 Å². The second-order valence-corrected chi connectivity index (χ2v) is 4.59. The van der Waals surface area contributed by atoms with Crippen molar-refractivity contribution in [1.29, 1.82) is 0 Å². The number of benzene rings is 1. The fourth-order valence-electron chi connectivity index (χ4n) is 1.82. The summed E-state index contributed by atoms with van der Waals surface area (Å²) in [7, 11) is 0. The quantitative estimate of drug-likeness (QED) is 0.851. The third-order valence-corrected chi connectivity index (χ3v) is 3.15. The van der Waals surface area contributed by atoms with Gasteiger partial charge in [-0.2, -0.15) is 0 Å². The SMILES string of the molecule is Cc1ccc(CNC(=O)[C@H]2C[C@H]2C(=O)O)cc1F. The summed E-state index contributed by atoms with van der Waals surface area (Å²) < 4.78 is 13.3. The van der Waals surface area contributed by atoms with Crippen molar-refractivity contribution in [2.24, 2.45) is 11.8 Å². The molecular formula is C13H14FNO3. The van der Waals surface area contributed by atoms with Gasteiger partial charge in [-0.1, -0.05) is 12.1 Å². The van der Waals surface area contributed by atoms with Crippen LogP contribution in [0.3, 0.4) is 0 Å². The maximum Gasteiger partial charge on any atom is 0.307 e. The molecule has 1 aliphatic rings. The first-order valence-corrected chi connectivity index (χ1v) is 5.74. The van der Waals surface area contributed by atoms with Crippen LogP contribution in [-0.4, -0.2) is 17.0 Å². The van der Waals surface area contributed by atoms with Crippen molar-refractivity contribution >= 4 is 11.9 Å². The molecule has 0 heterocycles. The van der Waals surface area contributed by atoms with Gasteiger partial charge in [-0.15, -0.1) is 0 Å². The number of halogens is 1. The molecular weight excluding hydrogens is 237 g/mol. The van der Waals surface area contributed by atoms with Gasteiger partial charge in [0.05, 0.1) is 11.8 Å². The number of amides is 1. The maximum atomic E-state index is 13.3. The molecule has 0 aromatic heterocycles. The molecule has 5 heteroatoms. The maximum absolute atomic E-state index is 13.3. The smallest absolute Gasteiger partial charge is 0.307 e. The highest BCUT2D eigenvalue weighted by atomic mass is 19.1. The zero-order valence-electron chi connectivity index (χ0n) is 9.94. The molecule has 1 aliphatic carbocycles. The first-order chi connectivity index (χ1) is 8.49. The van der Waals surface area contributed by atoms with Crippen LogP contribution >= 0.6 is 0 Å². The van der Waals surface area contributed by atoms with Gasteiger partial charge in [0.2, 0.25) is 5.91 Å². The summed E-state index contributed by atoms with van der Waals surface area (Å²) in [6.07, 6.45) is 0.392. The number of aryl methyl sites for hydroxylation is 1. The summed E-state index contributed by atoms with van der Waals surface area (Å²) >= 11 is 0. The van der Waals surface area contributed by atoms with E-state index in [0.717, 1.165) is 0 Å². The molecule has 1 aromatic rings. The average Bonchev–Trinajstić information content (AvgIpc) is 3.10. The van der Waals surface area contributed by atoms with E-state index in [-0.39, 0.29) is 18.3 Å². The van der Waals surface area contributed by atoms with Gasteiger partial charge in [0.1, 0.15) is 5.82 Å². The molecule has 96 valence electrons. The second-order valence-electron chi connectivity index (χ2n) is 4.59. The highest BCUT2D eigenvalue weighted by Gasteiger charge is 2.48. The van der Waals surface area contributed by atoms with Gasteiger partial charge in [-0.05, 0) is 30.5 Å². The summed E-state index contributed by atoms with van der Waals surface area (Å²) in [6, 6.07) is 4.76. The van der Waals surface area contributed by atoms with E-state index in [1.54, 1.807) is 19.1 Å². The van der Waals surface area contributed by atoms with Gasteiger partial charge < -0.3 is 10.4 Å². The van der Waals surface area contributed by atoms with E-state index in [1.165, 1.54) is 6.07 Å². The highest BCUT2D eigenvalue weighted by molar-refractivity contribution is 5.89. The molecule has 18 heavy (non-hydrogen) atoms. The van der Waals surface area contributed by atoms with E-state index in [0.29, 0.717) is 17.5 Å². The van der Waals surface area contributed by atoms with E-state index in [2.05, 4.69) is 5.32 Å². The van der Waals surface area contributed by atoms with Crippen LogP contribution in [0.1, 0.15) is 17.5 Å². The predicted molar refractivity (Wildman–Crippen MR) is 62.2 cm³/mol. The largest absolute Gasteiger partial charge is 0.481 e. The van der Waals surface area contributed by atoms with Gasteiger partial charge in [-0.25, -0.2) is 4.39 Å². The first kappa shape index (κ1) is 12.5. The third-order valence-electron chi connectivity index (χ3n) is 3.15. The Morgan fingerprint density at radius 2 is 2.17 bits per heavy atom. The van der Waals surface area contributed by atoms with Crippen molar-refractivity contribution in [3.05, 3.63) is 35.1 Å². The van der Waals surface area contributed by atoms with E-state index in [9.17, 15) is 14.0 Å². The van der Waals surface area contributed by atoms with Crippen LogP contribution in [0.15, 0.2) is 18.2 Å². The van der Waals surface area contributed by atoms with Gasteiger partial charge in [0.15, 0.2) is 0 Å². The molecule has 0 aliphatic heterocycles. The van der Waals surface area contributed by atoms with Gasteiger partial charge in [-0.3, -0.25) is 9.59 Å². The van der Waals surface area contributed by atoms with Crippen LogP contribution in [0.25, 0.3) is 0 Å². The molecule has 2 N–H and O–H groups in total. The number of rotatable bonds is 4. The van der Waals surface area contributed by atoms with Crippen molar-refractivity contribution < 1.29 is 19.1 Å². The summed E-state index contributed by atoms with van der Waals surface area (Å²) in [6.45, 7) is 1.89. The van der Waals surface area contributed by atoms with Crippen molar-refractivity contribution in [3.63, 3.8) is 0 Å². The third kappa shape index (κ3) is 2.67. The summed E-state index contributed by atoms with van der Waals surface area (Å²) in [5.41, 5.74) is 1.22. The molecule has 1 fully saturated rings. The Morgan fingerprint density at radius 3 is 2.72 bits per heavy atom. The van der Waals surface area contributed by atoms with E-state index < -0.39 is 17.8 Å². The van der Waals surface area contributed by atoms with Gasteiger partial charge in [0, 0.05) is 6.54 Å². The topological polar surface area (TPSA) is 66.4 Å². The Morgan fingerprint density at radius 1 is 1.44 bits per heavy atom. The van der Waals surface area contributed by atoms with Crippen LogP contribution < -0.4 is 5.32 Å². The fraction of sp³-hybridized carbons (Fsp3) is 0.385. The standard InChI is InChI=1S/C13H14FNO3/c1-7-2-3-8(4-11(7)14)6-15-12(16)9-5-10(9)13(17)18/h2-4,9-10H,5-6H2,1H3,(H,15,16)(H,17,18)/t9-,10+/m0/s1. The van der Waals surface area contributed by atoms with Crippen molar-refractivity contribution in [1.82, 2.24) is 5.32 Å². The number of hydrogen-bond acceptors (Lipinski definition) is 2. The number of aliphatic carboxylic acids is 1. The van der Waals surface area contributed by atoms with Crippen molar-refractivity contribution in [2.75, 3.05) is 0 Å². The summed E-state index contributed by atoms with van der Waals surface area (Å²) in [5.74, 6) is -2.51. The zero-order chi connectivity index (χ0) is 13.3. The summed E-state index contributed by atoms with van der Waals surface area (Å²) in [5, 5.41) is 11.3. The molecule has 1 aromatic carbocycles. The lowest BCUT2D eigenvalue weighted by molar-refractivity contribution is -0.140. The Hall–Kier alpha value is -1.91. The lowest BCUT2D eigenvalue weighted by Crippen LogP contribution is -2.25. The van der Waals surface area contributed by atoms with E-state index in [4.69, 9.17) is 5.11 Å². The zero-order valence-corrected chi connectivity index (χ0v) is 9.94. The first-order valence-electron chi connectivity index (χ1n) is 5.74. The molecule has 0 bridgehead atoms. The number of carbonyl (C=O) groups excluding carboxylic acids is 1. The number of nitrogens with one attached hydrogen (secondary N) is 1. The molecule has 0 spiro atoms. The summed E-state index contributed by atoms with van der Waals surface area (Å²) in [4.78, 5) is 22.2. The Balaban J connectivity index is 1.87. The minimum Gasteiger partial charge on any atom is -0.481 e. The molecule has 2 rings (SSSR count). The Kier molecular flexibility index (Phi) is 3.32. The highest BCUT2D eigenvalue weighted by Crippen LogP contribution is 2.38. The van der Waals surface area contributed by atoms with Crippen LogP contribution in [-0.2, 0) is 16.1 Å². The predicted octanol–water partition coefficient (Wildman–Crippen LogP) is 1.47. The van der Waals surface area contributed by atoms with Crippen LogP contribution in [0.4, 0.5) is 4.39 Å². The minimum absolute atomic E-state index is 0.221. The van der Waals surface area contributed by atoms with Crippen LogP contribution in [0.2, 0.25) is 0 Å². The van der Waals surface area contributed by atoms with Crippen LogP contribution in [0.5, 0.6) is 0 Å². The number of carbonyl (C=O) groups is 2.